The van der Waals surface area contributed by atoms with Crippen LogP contribution in [0, 0.1) is 6.92 Å². The molecule has 1 aliphatic heterocycles. The van der Waals surface area contributed by atoms with E-state index in [-0.39, 0.29) is 17.8 Å². The number of hydrogen-bond donors (Lipinski definition) is 2. The van der Waals surface area contributed by atoms with Gasteiger partial charge in [0, 0.05) is 17.1 Å². The number of sulfonamides is 1. The molecule has 2 rings (SSSR count). The number of hydrogen-bond acceptors (Lipinski definition) is 5. The number of aromatic nitrogens is 1. The van der Waals surface area contributed by atoms with Crippen molar-refractivity contribution >= 4 is 21.4 Å². The van der Waals surface area contributed by atoms with E-state index in [4.69, 9.17) is 0 Å². The van der Waals surface area contributed by atoms with Gasteiger partial charge < -0.3 is 5.32 Å². The summed E-state index contributed by atoms with van der Waals surface area (Å²) in [5.74, 6) is 0.154. The topological polar surface area (TPSA) is 71.1 Å². The second kappa shape index (κ2) is 6.30. The minimum atomic E-state index is -3.27. The van der Waals surface area contributed by atoms with Gasteiger partial charge in [-0.1, -0.05) is 6.42 Å². The zero-order valence-electron chi connectivity index (χ0n) is 11.3. The van der Waals surface area contributed by atoms with Crippen molar-refractivity contribution in [2.75, 3.05) is 12.3 Å². The lowest BCUT2D eigenvalue weighted by Gasteiger charge is -2.24. The lowest BCUT2D eigenvalue weighted by atomic mass is 10.1. The van der Waals surface area contributed by atoms with Gasteiger partial charge in [-0.05, 0) is 33.2 Å². The van der Waals surface area contributed by atoms with E-state index >= 15 is 0 Å². The summed E-state index contributed by atoms with van der Waals surface area (Å²) in [6, 6.07) is -0.177. The van der Waals surface area contributed by atoms with Crippen LogP contribution in [-0.4, -0.2) is 31.7 Å². The predicted molar refractivity (Wildman–Crippen MR) is 77.8 cm³/mol. The van der Waals surface area contributed by atoms with Crippen LogP contribution in [0.25, 0.3) is 0 Å². The van der Waals surface area contributed by atoms with Crippen LogP contribution in [0.5, 0.6) is 0 Å². The van der Waals surface area contributed by atoms with Crippen molar-refractivity contribution in [1.82, 2.24) is 15.0 Å². The van der Waals surface area contributed by atoms with Crippen molar-refractivity contribution in [2.24, 2.45) is 0 Å². The van der Waals surface area contributed by atoms with Crippen molar-refractivity contribution in [3.63, 3.8) is 0 Å². The van der Waals surface area contributed by atoms with E-state index in [1.807, 2.05) is 13.8 Å². The first-order valence-corrected chi connectivity index (χ1v) is 9.09. The fourth-order valence-electron chi connectivity index (χ4n) is 2.27. The Bertz CT molecular complexity index is 507. The highest BCUT2D eigenvalue weighted by molar-refractivity contribution is 7.89. The highest BCUT2D eigenvalue weighted by Gasteiger charge is 2.23. The van der Waals surface area contributed by atoms with Gasteiger partial charge in [-0.25, -0.2) is 18.1 Å². The summed E-state index contributed by atoms with van der Waals surface area (Å²) in [6.07, 6.45) is 4.95. The van der Waals surface area contributed by atoms with Gasteiger partial charge in [0.15, 0.2) is 0 Å². The Morgan fingerprint density at radius 3 is 2.95 bits per heavy atom. The Balaban J connectivity index is 1.92. The summed E-state index contributed by atoms with van der Waals surface area (Å²) in [5.41, 5.74) is 0. The molecule has 0 aliphatic carbocycles. The molecule has 2 unspecified atom stereocenters. The molecule has 1 aromatic heterocycles. The van der Waals surface area contributed by atoms with E-state index in [9.17, 15) is 8.42 Å². The molecule has 2 N–H and O–H groups in total. The fourth-order valence-corrected chi connectivity index (χ4v) is 4.68. The van der Waals surface area contributed by atoms with Crippen molar-refractivity contribution < 1.29 is 8.42 Å². The maximum atomic E-state index is 12.1. The summed E-state index contributed by atoms with van der Waals surface area (Å²) < 4.78 is 26.9. The third-order valence-electron chi connectivity index (χ3n) is 3.20. The highest BCUT2D eigenvalue weighted by Crippen LogP contribution is 2.20. The van der Waals surface area contributed by atoms with Crippen LogP contribution in [0.1, 0.15) is 42.1 Å². The van der Waals surface area contributed by atoms with E-state index < -0.39 is 10.0 Å². The van der Waals surface area contributed by atoms with Crippen molar-refractivity contribution in [1.29, 1.82) is 0 Å². The van der Waals surface area contributed by atoms with E-state index in [2.05, 4.69) is 15.0 Å². The molecule has 5 nitrogen and oxygen atoms in total. The van der Waals surface area contributed by atoms with Crippen LogP contribution >= 0.6 is 11.3 Å². The molecule has 108 valence electrons. The molecule has 0 saturated carbocycles. The first kappa shape index (κ1) is 14.9. The molecule has 0 bridgehead atoms. The number of rotatable bonds is 5. The molecular weight excluding hydrogens is 282 g/mol. The molecule has 19 heavy (non-hydrogen) atoms. The van der Waals surface area contributed by atoms with Crippen LogP contribution in [0.3, 0.4) is 0 Å². The smallest absolute Gasteiger partial charge is 0.213 e. The lowest BCUT2D eigenvalue weighted by Crippen LogP contribution is -2.43. The maximum absolute atomic E-state index is 12.1. The van der Waals surface area contributed by atoms with Gasteiger partial charge in [0.2, 0.25) is 10.0 Å². The van der Waals surface area contributed by atoms with Gasteiger partial charge >= 0.3 is 0 Å². The number of thiazole rings is 1. The highest BCUT2D eigenvalue weighted by atomic mass is 32.2. The summed E-state index contributed by atoms with van der Waals surface area (Å²) in [6.45, 7) is 4.72. The maximum Gasteiger partial charge on any atom is 0.213 e. The van der Waals surface area contributed by atoms with Crippen molar-refractivity contribution in [3.8, 4) is 0 Å². The monoisotopic (exact) mass is 303 g/mol. The number of nitrogens with one attached hydrogen (secondary N) is 2. The molecule has 0 amide bonds. The van der Waals surface area contributed by atoms with Crippen LogP contribution in [0.4, 0.5) is 0 Å². The van der Waals surface area contributed by atoms with Crippen LogP contribution < -0.4 is 10.0 Å². The summed E-state index contributed by atoms with van der Waals surface area (Å²) >= 11 is 1.53. The molecule has 1 aliphatic rings. The van der Waals surface area contributed by atoms with E-state index in [0.717, 1.165) is 35.7 Å². The van der Waals surface area contributed by atoms with Gasteiger partial charge in [-0.15, -0.1) is 11.3 Å². The average Bonchev–Trinajstić information content (AvgIpc) is 2.76. The largest absolute Gasteiger partial charge is 0.313 e. The summed E-state index contributed by atoms with van der Waals surface area (Å²) in [5, 5.41) is 4.08. The quantitative estimate of drug-likeness (QED) is 0.866. The molecule has 2 atom stereocenters. The van der Waals surface area contributed by atoms with Crippen LogP contribution in [0.15, 0.2) is 6.20 Å². The van der Waals surface area contributed by atoms with Gasteiger partial charge in [0.25, 0.3) is 0 Å². The Labute approximate surface area is 118 Å². The van der Waals surface area contributed by atoms with E-state index in [1.165, 1.54) is 11.3 Å². The number of nitrogens with zero attached hydrogens (tertiary/aromatic N) is 1. The number of piperidine rings is 1. The predicted octanol–water partition coefficient (Wildman–Crippen LogP) is 1.57. The molecule has 1 fully saturated rings. The zero-order valence-corrected chi connectivity index (χ0v) is 13.0. The molecule has 0 radical (unpaired) electrons. The standard InChI is InChI=1S/C12H21N3O2S2/c1-9-7-14-12(18-9)10(2)15-19(16,17)8-11-5-3-4-6-13-11/h7,10-11,13,15H,3-6,8H2,1-2H3. The van der Waals surface area contributed by atoms with Gasteiger partial charge in [0.1, 0.15) is 5.01 Å². The fraction of sp³-hybridized carbons (Fsp3) is 0.750. The third kappa shape index (κ3) is 4.52. The normalized spacial score (nSPS) is 22.3. The van der Waals surface area contributed by atoms with Crippen LogP contribution in [0.2, 0.25) is 0 Å². The molecule has 7 heteroatoms. The molecule has 1 saturated heterocycles. The van der Waals surface area contributed by atoms with Gasteiger partial charge in [0.05, 0.1) is 11.8 Å². The molecular formula is C12H21N3O2S2. The first-order valence-electron chi connectivity index (χ1n) is 6.62. The molecule has 0 aromatic carbocycles. The summed E-state index contributed by atoms with van der Waals surface area (Å²) in [4.78, 5) is 5.32. The Morgan fingerprint density at radius 2 is 2.37 bits per heavy atom. The van der Waals surface area contributed by atoms with Gasteiger partial charge in [-0.2, -0.15) is 0 Å². The average molecular weight is 303 g/mol. The molecule has 2 heterocycles. The van der Waals surface area contributed by atoms with Crippen molar-refractivity contribution in [3.05, 3.63) is 16.1 Å². The second-order valence-electron chi connectivity index (χ2n) is 5.08. The Hall–Kier alpha value is -0.500. The summed E-state index contributed by atoms with van der Waals surface area (Å²) in [7, 11) is -3.27. The van der Waals surface area contributed by atoms with Crippen LogP contribution in [-0.2, 0) is 10.0 Å². The number of aryl methyl sites for hydroxylation is 1. The second-order valence-corrected chi connectivity index (χ2v) is 8.14. The minimum absolute atomic E-state index is 0.0801. The lowest BCUT2D eigenvalue weighted by molar-refractivity contribution is 0.421. The van der Waals surface area contributed by atoms with E-state index in [0.29, 0.717) is 0 Å². The molecule has 0 spiro atoms. The Kier molecular flexibility index (Phi) is 4.94. The van der Waals surface area contributed by atoms with Gasteiger partial charge in [-0.3, -0.25) is 0 Å². The minimum Gasteiger partial charge on any atom is -0.313 e. The zero-order chi connectivity index (χ0) is 13.9. The Morgan fingerprint density at radius 1 is 1.58 bits per heavy atom. The third-order valence-corrected chi connectivity index (χ3v) is 5.85. The van der Waals surface area contributed by atoms with E-state index in [1.54, 1.807) is 6.20 Å². The first-order chi connectivity index (χ1) is 8.96. The molecule has 1 aromatic rings. The SMILES string of the molecule is Cc1cnc(C(C)NS(=O)(=O)CC2CCCCN2)s1. The van der Waals surface area contributed by atoms with Crippen molar-refractivity contribution in [2.45, 2.75) is 45.2 Å².